The number of nitrogens with zero attached hydrogens (tertiary/aromatic N) is 2. The van der Waals surface area contributed by atoms with Crippen LogP contribution in [0.15, 0.2) is 11.4 Å². The molecule has 2 heterocycles. The second kappa shape index (κ2) is 6.90. The Morgan fingerprint density at radius 2 is 2.20 bits per heavy atom. The van der Waals surface area contributed by atoms with Crippen LogP contribution in [0, 0.1) is 13.8 Å². The number of hydrogen-bond donors (Lipinski definition) is 1. The fourth-order valence-electron chi connectivity index (χ4n) is 2.37. The van der Waals surface area contributed by atoms with Crippen LogP contribution in [-0.2, 0) is 11.3 Å². The standard InChI is InChI=1S/C15H23N3OS/c1-5-7-18-11(2)9-13(12(18)3)14-10-20-15(17-14)16-6-8-19-4/h9-10H,5-8H2,1-4H3,(H,16,17). The first-order valence-corrected chi connectivity index (χ1v) is 7.90. The van der Waals surface area contributed by atoms with Gasteiger partial charge in [-0.2, -0.15) is 0 Å². The summed E-state index contributed by atoms with van der Waals surface area (Å²) in [6.07, 6.45) is 1.15. The van der Waals surface area contributed by atoms with E-state index in [1.165, 1.54) is 17.0 Å². The Morgan fingerprint density at radius 3 is 2.90 bits per heavy atom. The van der Waals surface area contributed by atoms with Crippen LogP contribution in [0.25, 0.3) is 11.3 Å². The molecule has 0 spiro atoms. The van der Waals surface area contributed by atoms with Gasteiger partial charge in [-0.25, -0.2) is 4.98 Å². The van der Waals surface area contributed by atoms with E-state index in [-0.39, 0.29) is 0 Å². The van der Waals surface area contributed by atoms with E-state index in [9.17, 15) is 0 Å². The molecule has 110 valence electrons. The SMILES string of the molecule is CCCn1c(C)cc(-c2csc(NCCOC)n2)c1C. The first kappa shape index (κ1) is 15.1. The van der Waals surface area contributed by atoms with Gasteiger partial charge in [0.25, 0.3) is 0 Å². The number of methoxy groups -OCH3 is 1. The molecule has 0 unspecified atom stereocenters. The normalized spacial score (nSPS) is 11.0. The Balaban J connectivity index is 2.17. The van der Waals surface area contributed by atoms with Crippen molar-refractivity contribution in [3.05, 3.63) is 22.8 Å². The monoisotopic (exact) mass is 293 g/mol. The molecular weight excluding hydrogens is 270 g/mol. The average Bonchev–Trinajstić information content (AvgIpc) is 2.99. The molecule has 0 atom stereocenters. The molecule has 20 heavy (non-hydrogen) atoms. The third kappa shape index (κ3) is 3.22. The van der Waals surface area contributed by atoms with Gasteiger partial charge in [-0.05, 0) is 26.3 Å². The molecule has 2 rings (SSSR count). The molecule has 0 amide bonds. The van der Waals surface area contributed by atoms with Crippen molar-refractivity contribution in [2.24, 2.45) is 0 Å². The molecule has 2 aromatic rings. The van der Waals surface area contributed by atoms with Crippen molar-refractivity contribution in [3.8, 4) is 11.3 Å². The van der Waals surface area contributed by atoms with Gasteiger partial charge < -0.3 is 14.6 Å². The minimum Gasteiger partial charge on any atom is -0.383 e. The molecule has 1 N–H and O–H groups in total. The highest BCUT2D eigenvalue weighted by Gasteiger charge is 2.13. The summed E-state index contributed by atoms with van der Waals surface area (Å²) >= 11 is 1.64. The number of ether oxygens (including phenoxy) is 1. The summed E-state index contributed by atoms with van der Waals surface area (Å²) in [5, 5.41) is 6.35. The minimum atomic E-state index is 0.694. The third-order valence-electron chi connectivity index (χ3n) is 3.38. The molecule has 0 saturated carbocycles. The van der Waals surface area contributed by atoms with E-state index < -0.39 is 0 Å². The van der Waals surface area contributed by atoms with Gasteiger partial charge in [0, 0.05) is 42.5 Å². The molecule has 5 heteroatoms. The van der Waals surface area contributed by atoms with E-state index in [1.54, 1.807) is 18.4 Å². The fraction of sp³-hybridized carbons (Fsp3) is 0.533. The van der Waals surface area contributed by atoms with E-state index in [0.717, 1.165) is 30.3 Å². The quantitative estimate of drug-likeness (QED) is 0.791. The molecule has 0 bridgehead atoms. The Bertz CT molecular complexity index is 559. The first-order chi connectivity index (χ1) is 9.67. The van der Waals surface area contributed by atoms with E-state index >= 15 is 0 Å². The summed E-state index contributed by atoms with van der Waals surface area (Å²) in [6, 6.07) is 2.24. The van der Waals surface area contributed by atoms with E-state index in [0.29, 0.717) is 6.61 Å². The Morgan fingerprint density at radius 1 is 1.40 bits per heavy atom. The van der Waals surface area contributed by atoms with Crippen LogP contribution in [-0.4, -0.2) is 29.8 Å². The summed E-state index contributed by atoms with van der Waals surface area (Å²) in [7, 11) is 1.71. The second-order valence-electron chi connectivity index (χ2n) is 4.89. The predicted octanol–water partition coefficient (Wildman–Crippen LogP) is 3.70. The van der Waals surface area contributed by atoms with Gasteiger partial charge in [0.05, 0.1) is 12.3 Å². The molecule has 0 aliphatic carbocycles. The summed E-state index contributed by atoms with van der Waals surface area (Å²) < 4.78 is 7.40. The molecule has 2 aromatic heterocycles. The predicted molar refractivity (Wildman–Crippen MR) is 85.7 cm³/mol. The molecule has 4 nitrogen and oxygen atoms in total. The fourth-order valence-corrected chi connectivity index (χ4v) is 3.11. The minimum absolute atomic E-state index is 0.694. The highest BCUT2D eigenvalue weighted by atomic mass is 32.1. The second-order valence-corrected chi connectivity index (χ2v) is 5.75. The highest BCUT2D eigenvalue weighted by Crippen LogP contribution is 2.29. The zero-order valence-electron chi connectivity index (χ0n) is 12.7. The van der Waals surface area contributed by atoms with Crippen molar-refractivity contribution >= 4 is 16.5 Å². The number of aromatic nitrogens is 2. The first-order valence-electron chi connectivity index (χ1n) is 7.02. The lowest BCUT2D eigenvalue weighted by molar-refractivity contribution is 0.211. The maximum absolute atomic E-state index is 5.03. The highest BCUT2D eigenvalue weighted by molar-refractivity contribution is 7.14. The van der Waals surface area contributed by atoms with Crippen LogP contribution in [0.3, 0.4) is 0 Å². The van der Waals surface area contributed by atoms with Crippen LogP contribution in [0.2, 0.25) is 0 Å². The van der Waals surface area contributed by atoms with Gasteiger partial charge in [-0.15, -0.1) is 11.3 Å². The van der Waals surface area contributed by atoms with Gasteiger partial charge >= 0.3 is 0 Å². The van der Waals surface area contributed by atoms with Crippen LogP contribution in [0.1, 0.15) is 24.7 Å². The summed E-state index contributed by atoms with van der Waals surface area (Å²) in [6.45, 7) is 9.10. The van der Waals surface area contributed by atoms with Crippen LogP contribution < -0.4 is 5.32 Å². The maximum atomic E-state index is 5.03. The lowest BCUT2D eigenvalue weighted by atomic mass is 10.2. The zero-order valence-corrected chi connectivity index (χ0v) is 13.5. The smallest absolute Gasteiger partial charge is 0.183 e. The molecule has 0 saturated heterocycles. The van der Waals surface area contributed by atoms with Gasteiger partial charge in [-0.1, -0.05) is 6.92 Å². The van der Waals surface area contributed by atoms with Crippen molar-refractivity contribution in [1.82, 2.24) is 9.55 Å². The Labute approximate surface area is 124 Å². The largest absolute Gasteiger partial charge is 0.383 e. The molecular formula is C15H23N3OS. The summed E-state index contributed by atoms with van der Waals surface area (Å²) in [5.74, 6) is 0. The molecule has 0 aromatic carbocycles. The number of nitrogens with one attached hydrogen (secondary N) is 1. The van der Waals surface area contributed by atoms with Gasteiger partial charge in [0.15, 0.2) is 5.13 Å². The molecule has 0 aliphatic rings. The zero-order chi connectivity index (χ0) is 14.5. The summed E-state index contributed by atoms with van der Waals surface area (Å²) in [4.78, 5) is 4.67. The number of thiazole rings is 1. The average molecular weight is 293 g/mol. The number of hydrogen-bond acceptors (Lipinski definition) is 4. The lowest BCUT2D eigenvalue weighted by Crippen LogP contribution is -2.07. The Kier molecular flexibility index (Phi) is 5.20. The van der Waals surface area contributed by atoms with Crippen molar-refractivity contribution < 1.29 is 4.74 Å². The van der Waals surface area contributed by atoms with Crippen molar-refractivity contribution in [3.63, 3.8) is 0 Å². The van der Waals surface area contributed by atoms with E-state index in [4.69, 9.17) is 4.74 Å². The molecule has 0 fully saturated rings. The van der Waals surface area contributed by atoms with Crippen molar-refractivity contribution in [2.75, 3.05) is 25.6 Å². The van der Waals surface area contributed by atoms with Crippen LogP contribution in [0.4, 0.5) is 5.13 Å². The maximum Gasteiger partial charge on any atom is 0.183 e. The van der Waals surface area contributed by atoms with E-state index in [1.807, 2.05) is 0 Å². The van der Waals surface area contributed by atoms with Crippen molar-refractivity contribution in [2.45, 2.75) is 33.7 Å². The number of aryl methyl sites for hydroxylation is 1. The van der Waals surface area contributed by atoms with Gasteiger partial charge in [0.2, 0.25) is 0 Å². The third-order valence-corrected chi connectivity index (χ3v) is 4.18. The molecule has 0 aliphatic heterocycles. The van der Waals surface area contributed by atoms with Gasteiger partial charge in [0.1, 0.15) is 0 Å². The topological polar surface area (TPSA) is 39.1 Å². The number of anilines is 1. The Hall–Kier alpha value is -1.33. The van der Waals surface area contributed by atoms with Gasteiger partial charge in [-0.3, -0.25) is 0 Å². The number of rotatable bonds is 7. The van der Waals surface area contributed by atoms with E-state index in [2.05, 4.69) is 47.1 Å². The summed E-state index contributed by atoms with van der Waals surface area (Å²) in [5.41, 5.74) is 4.91. The molecule has 0 radical (unpaired) electrons. The van der Waals surface area contributed by atoms with Crippen LogP contribution >= 0.6 is 11.3 Å². The van der Waals surface area contributed by atoms with Crippen LogP contribution in [0.5, 0.6) is 0 Å². The lowest BCUT2D eigenvalue weighted by Gasteiger charge is -2.07. The van der Waals surface area contributed by atoms with Crippen molar-refractivity contribution in [1.29, 1.82) is 0 Å².